The molecule has 3 rings (SSSR count). The molecule has 1 N–H and O–H groups in total. The van der Waals surface area contributed by atoms with E-state index in [2.05, 4.69) is 26.6 Å². The van der Waals surface area contributed by atoms with E-state index in [4.69, 9.17) is 0 Å². The number of nitrogens with one attached hydrogen (secondary N) is 1. The number of hydrogen-bond donors (Lipinski definition) is 1. The maximum Gasteiger partial charge on any atom is 0.394 e. The van der Waals surface area contributed by atoms with Gasteiger partial charge in [0.05, 0.1) is 17.8 Å². The molecule has 138 valence electrons. The van der Waals surface area contributed by atoms with Gasteiger partial charge in [0, 0.05) is 17.9 Å². The van der Waals surface area contributed by atoms with Gasteiger partial charge in [0.1, 0.15) is 11.6 Å². The summed E-state index contributed by atoms with van der Waals surface area (Å²) >= 11 is 0. The number of alkyl halides is 2. The molecule has 0 aliphatic heterocycles. The second-order valence-electron chi connectivity index (χ2n) is 5.86. The van der Waals surface area contributed by atoms with Gasteiger partial charge in [-0.1, -0.05) is 24.8 Å². The van der Waals surface area contributed by atoms with Crippen LogP contribution in [-0.4, -0.2) is 22.0 Å². The summed E-state index contributed by atoms with van der Waals surface area (Å²) in [6, 6.07) is 13.7. The standard InChI is InChI=1S/C20H17F2N3O2/c1-3-18(26)23-12-17-24-16-7-5-4-6-15(16)19(25-17)13-8-10-14(11-9-13)27-20(2,21)22/h3-11H,1,12H2,2H3,(H,23,26). The molecule has 0 aliphatic rings. The van der Waals surface area contributed by atoms with E-state index >= 15 is 0 Å². The number of para-hydroxylation sites is 1. The van der Waals surface area contributed by atoms with Crippen molar-refractivity contribution in [1.29, 1.82) is 0 Å². The van der Waals surface area contributed by atoms with Crippen molar-refractivity contribution < 1.29 is 18.3 Å². The molecule has 27 heavy (non-hydrogen) atoms. The lowest BCUT2D eigenvalue weighted by Crippen LogP contribution is -2.21. The van der Waals surface area contributed by atoms with Gasteiger partial charge in [-0.3, -0.25) is 4.79 Å². The summed E-state index contributed by atoms with van der Waals surface area (Å²) in [6.07, 6.45) is -2.08. The van der Waals surface area contributed by atoms with Crippen molar-refractivity contribution >= 4 is 16.8 Å². The lowest BCUT2D eigenvalue weighted by atomic mass is 10.1. The Bertz CT molecular complexity index is 983. The summed E-state index contributed by atoms with van der Waals surface area (Å²) in [6.45, 7) is 4.23. The van der Waals surface area contributed by atoms with Gasteiger partial charge in [0.2, 0.25) is 5.91 Å². The molecule has 3 aromatic rings. The fourth-order valence-electron chi connectivity index (χ4n) is 2.55. The van der Waals surface area contributed by atoms with Gasteiger partial charge >= 0.3 is 6.11 Å². The maximum absolute atomic E-state index is 13.0. The SMILES string of the molecule is C=CC(=O)NCc1nc(-c2ccc(OC(C)(F)F)cc2)c2ccccc2n1. The van der Waals surface area contributed by atoms with E-state index in [9.17, 15) is 13.6 Å². The lowest BCUT2D eigenvalue weighted by molar-refractivity contribution is -0.158. The minimum Gasteiger partial charge on any atom is -0.433 e. The molecule has 1 aromatic heterocycles. The van der Waals surface area contributed by atoms with Crippen LogP contribution < -0.4 is 10.1 Å². The molecule has 0 bridgehead atoms. The van der Waals surface area contributed by atoms with Crippen LogP contribution in [0.25, 0.3) is 22.2 Å². The quantitative estimate of drug-likeness (QED) is 0.665. The Morgan fingerprint density at radius 3 is 2.56 bits per heavy atom. The molecule has 0 unspecified atom stereocenters. The van der Waals surface area contributed by atoms with Gasteiger partial charge in [-0.05, 0) is 36.4 Å². The first kappa shape index (κ1) is 18.4. The second kappa shape index (κ2) is 7.49. The van der Waals surface area contributed by atoms with Gasteiger partial charge in [0.15, 0.2) is 0 Å². The van der Waals surface area contributed by atoms with Crippen LogP contribution in [0.4, 0.5) is 8.78 Å². The van der Waals surface area contributed by atoms with E-state index in [1.54, 1.807) is 12.1 Å². The molecule has 5 nitrogen and oxygen atoms in total. The smallest absolute Gasteiger partial charge is 0.394 e. The zero-order valence-electron chi connectivity index (χ0n) is 14.6. The van der Waals surface area contributed by atoms with Gasteiger partial charge in [-0.25, -0.2) is 9.97 Å². The molecule has 7 heteroatoms. The molecule has 0 aliphatic carbocycles. The minimum atomic E-state index is -3.25. The topological polar surface area (TPSA) is 64.1 Å². The number of halogens is 2. The fourth-order valence-corrected chi connectivity index (χ4v) is 2.55. The minimum absolute atomic E-state index is 0.0584. The van der Waals surface area contributed by atoms with Gasteiger partial charge in [-0.2, -0.15) is 8.78 Å². The number of benzene rings is 2. The molecular formula is C20H17F2N3O2. The van der Waals surface area contributed by atoms with Crippen LogP contribution in [-0.2, 0) is 11.3 Å². The summed E-state index contributed by atoms with van der Waals surface area (Å²) in [5.41, 5.74) is 2.07. The zero-order chi connectivity index (χ0) is 19.4. The maximum atomic E-state index is 13.0. The van der Waals surface area contributed by atoms with Crippen LogP contribution >= 0.6 is 0 Å². The Balaban J connectivity index is 1.99. The van der Waals surface area contributed by atoms with E-state index in [-0.39, 0.29) is 18.2 Å². The number of rotatable bonds is 6. The van der Waals surface area contributed by atoms with Gasteiger partial charge in [-0.15, -0.1) is 0 Å². The van der Waals surface area contributed by atoms with Crippen LogP contribution in [0.1, 0.15) is 12.7 Å². The fraction of sp³-hybridized carbons (Fsp3) is 0.150. The van der Waals surface area contributed by atoms with Crippen molar-refractivity contribution in [2.45, 2.75) is 19.6 Å². The molecule has 1 heterocycles. The summed E-state index contributed by atoms with van der Waals surface area (Å²) in [4.78, 5) is 20.4. The van der Waals surface area contributed by atoms with Crippen molar-refractivity contribution in [3.05, 3.63) is 67.0 Å². The molecule has 2 aromatic carbocycles. The van der Waals surface area contributed by atoms with Crippen molar-refractivity contribution in [2.75, 3.05) is 0 Å². The summed E-state index contributed by atoms with van der Waals surface area (Å²) < 4.78 is 30.5. The third-order valence-corrected chi connectivity index (χ3v) is 3.68. The van der Waals surface area contributed by atoms with Gasteiger partial charge < -0.3 is 10.1 Å². The number of nitrogens with zero attached hydrogens (tertiary/aromatic N) is 2. The predicted molar refractivity (Wildman–Crippen MR) is 98.3 cm³/mol. The average molecular weight is 369 g/mol. The number of fused-ring (bicyclic) bond motifs is 1. The monoisotopic (exact) mass is 369 g/mol. The van der Waals surface area contributed by atoms with Gasteiger partial charge in [0.25, 0.3) is 0 Å². The van der Waals surface area contributed by atoms with Crippen LogP contribution in [0.5, 0.6) is 5.75 Å². The Morgan fingerprint density at radius 1 is 1.19 bits per heavy atom. The van der Waals surface area contributed by atoms with Crippen LogP contribution in [0, 0.1) is 0 Å². The number of carbonyl (C=O) groups excluding carboxylic acids is 1. The Hall–Kier alpha value is -3.35. The molecule has 1 amide bonds. The molecular weight excluding hydrogens is 352 g/mol. The number of hydrogen-bond acceptors (Lipinski definition) is 4. The van der Waals surface area contributed by atoms with Crippen LogP contribution in [0.2, 0.25) is 0 Å². The highest BCUT2D eigenvalue weighted by atomic mass is 19.3. The molecule has 0 fully saturated rings. The molecule has 0 radical (unpaired) electrons. The number of carbonyl (C=O) groups is 1. The Morgan fingerprint density at radius 2 is 1.89 bits per heavy atom. The highest BCUT2D eigenvalue weighted by molar-refractivity contribution is 5.92. The van der Waals surface area contributed by atoms with Crippen LogP contribution in [0.3, 0.4) is 0 Å². The molecule has 0 spiro atoms. The first-order chi connectivity index (χ1) is 12.9. The Labute approximate surface area is 154 Å². The Kier molecular flexibility index (Phi) is 5.12. The van der Waals surface area contributed by atoms with Crippen molar-refractivity contribution in [3.8, 4) is 17.0 Å². The van der Waals surface area contributed by atoms with E-state index in [0.717, 1.165) is 10.9 Å². The van der Waals surface area contributed by atoms with E-state index in [1.807, 2.05) is 24.3 Å². The van der Waals surface area contributed by atoms with Crippen molar-refractivity contribution in [1.82, 2.24) is 15.3 Å². The second-order valence-corrected chi connectivity index (χ2v) is 5.86. The number of amides is 1. The normalized spacial score (nSPS) is 11.2. The molecule has 0 atom stereocenters. The van der Waals surface area contributed by atoms with E-state index in [0.29, 0.717) is 24.0 Å². The van der Waals surface area contributed by atoms with Crippen LogP contribution in [0.15, 0.2) is 61.2 Å². The summed E-state index contributed by atoms with van der Waals surface area (Å²) in [5, 5.41) is 3.45. The highest BCUT2D eigenvalue weighted by Gasteiger charge is 2.23. The summed E-state index contributed by atoms with van der Waals surface area (Å²) in [5.74, 6) is 0.165. The summed E-state index contributed by atoms with van der Waals surface area (Å²) in [7, 11) is 0. The third kappa shape index (κ3) is 4.63. The highest BCUT2D eigenvalue weighted by Crippen LogP contribution is 2.29. The number of aromatic nitrogens is 2. The van der Waals surface area contributed by atoms with E-state index in [1.165, 1.54) is 18.2 Å². The predicted octanol–water partition coefficient (Wildman–Crippen LogP) is 4.09. The van der Waals surface area contributed by atoms with Crippen molar-refractivity contribution in [3.63, 3.8) is 0 Å². The van der Waals surface area contributed by atoms with Crippen molar-refractivity contribution in [2.24, 2.45) is 0 Å². The lowest BCUT2D eigenvalue weighted by Gasteiger charge is -2.13. The number of ether oxygens (including phenoxy) is 1. The first-order valence-electron chi connectivity index (χ1n) is 8.19. The zero-order valence-corrected chi connectivity index (χ0v) is 14.6. The third-order valence-electron chi connectivity index (χ3n) is 3.68. The largest absolute Gasteiger partial charge is 0.433 e. The van der Waals surface area contributed by atoms with E-state index < -0.39 is 6.11 Å². The molecule has 0 saturated carbocycles. The average Bonchev–Trinajstić information content (AvgIpc) is 2.65. The first-order valence-corrected chi connectivity index (χ1v) is 8.19. The molecule has 0 saturated heterocycles.